The van der Waals surface area contributed by atoms with Crippen LogP contribution < -0.4 is 16.7 Å². The van der Waals surface area contributed by atoms with Crippen LogP contribution in [0.1, 0.15) is 44.5 Å². The maximum absolute atomic E-state index is 12.9. The fourth-order valence-electron chi connectivity index (χ4n) is 4.34. The van der Waals surface area contributed by atoms with Crippen molar-refractivity contribution in [3.05, 3.63) is 86.6 Å². The molecule has 2 aromatic heterocycles. The molecule has 2 aromatic carbocycles. The van der Waals surface area contributed by atoms with Gasteiger partial charge in [0.15, 0.2) is 0 Å². The number of benzene rings is 2. The summed E-state index contributed by atoms with van der Waals surface area (Å²) in [6, 6.07) is 15.8. The van der Waals surface area contributed by atoms with E-state index in [-0.39, 0.29) is 5.91 Å². The van der Waals surface area contributed by atoms with Crippen LogP contribution in [0.25, 0.3) is 22.1 Å². The van der Waals surface area contributed by atoms with Gasteiger partial charge in [0.25, 0.3) is 11.8 Å². The lowest BCUT2D eigenvalue weighted by Crippen LogP contribution is -2.19. The van der Waals surface area contributed by atoms with Crippen LogP contribution in [-0.4, -0.2) is 11.8 Å². The fourth-order valence-corrected chi connectivity index (χ4v) is 5.75. The molecular formula is C26H22N2O4S. The molecule has 0 bridgehead atoms. The van der Waals surface area contributed by atoms with Crippen molar-refractivity contribution < 1.29 is 14.0 Å². The second-order valence-corrected chi connectivity index (χ2v) is 9.54. The molecule has 7 heteroatoms. The Bertz CT molecular complexity index is 1450. The Balaban J connectivity index is 1.42. The lowest BCUT2D eigenvalue weighted by atomic mass is 9.88. The van der Waals surface area contributed by atoms with E-state index in [1.807, 2.05) is 18.2 Å². The highest BCUT2D eigenvalue weighted by atomic mass is 32.1. The Morgan fingerprint density at radius 1 is 1.12 bits per heavy atom. The quantitative estimate of drug-likeness (QED) is 0.420. The van der Waals surface area contributed by atoms with Gasteiger partial charge in [0.05, 0.1) is 11.1 Å². The summed E-state index contributed by atoms with van der Waals surface area (Å²) >= 11 is 1.43. The molecule has 0 unspecified atom stereocenters. The third-order valence-electron chi connectivity index (χ3n) is 6.08. The Morgan fingerprint density at radius 2 is 1.88 bits per heavy atom. The maximum atomic E-state index is 12.9. The third-order valence-corrected chi connectivity index (χ3v) is 7.25. The van der Waals surface area contributed by atoms with E-state index in [9.17, 15) is 14.4 Å². The van der Waals surface area contributed by atoms with Crippen LogP contribution in [0.5, 0.6) is 0 Å². The molecule has 0 aliphatic heterocycles. The molecule has 1 atom stereocenters. The van der Waals surface area contributed by atoms with E-state index in [4.69, 9.17) is 10.2 Å². The topological polar surface area (TPSA) is 102 Å². The van der Waals surface area contributed by atoms with E-state index >= 15 is 0 Å². The largest absolute Gasteiger partial charge is 0.422 e. The minimum atomic E-state index is -0.518. The predicted molar refractivity (Wildman–Crippen MR) is 130 cm³/mol. The molecule has 0 fully saturated rings. The first-order valence-electron chi connectivity index (χ1n) is 10.8. The number of hydrogen-bond acceptors (Lipinski definition) is 5. The van der Waals surface area contributed by atoms with Gasteiger partial charge < -0.3 is 15.5 Å². The summed E-state index contributed by atoms with van der Waals surface area (Å²) in [5.74, 6) is -0.308. The van der Waals surface area contributed by atoms with Gasteiger partial charge in [-0.1, -0.05) is 37.3 Å². The molecule has 3 N–H and O–H groups in total. The standard InChI is InChI=1S/C26H22N2O4S/c1-14-6-11-18-21(12-14)33-25(22(18)23(27)29)28-24(30)16-9-7-15(8-10-16)19-13-17-4-2-3-5-20(17)32-26(19)31/h2-5,7-10,13-14H,6,11-12H2,1H3,(H2,27,29)(H,28,30)/t14-/m1/s1. The summed E-state index contributed by atoms with van der Waals surface area (Å²) in [5, 5.41) is 4.20. The Morgan fingerprint density at radius 3 is 2.64 bits per heavy atom. The van der Waals surface area contributed by atoms with Gasteiger partial charge in [-0.05, 0) is 60.6 Å². The first kappa shape index (κ1) is 21.2. The molecular weight excluding hydrogens is 436 g/mol. The average molecular weight is 459 g/mol. The molecule has 1 aliphatic carbocycles. The normalized spacial score (nSPS) is 15.2. The molecule has 5 rings (SSSR count). The van der Waals surface area contributed by atoms with Crippen molar-refractivity contribution in [2.45, 2.75) is 26.2 Å². The van der Waals surface area contributed by atoms with E-state index in [1.54, 1.807) is 36.4 Å². The van der Waals surface area contributed by atoms with Crippen molar-refractivity contribution in [3.63, 3.8) is 0 Å². The molecule has 2 heterocycles. The van der Waals surface area contributed by atoms with Crippen molar-refractivity contribution in [2.75, 3.05) is 5.32 Å². The molecule has 0 radical (unpaired) electrons. The van der Waals surface area contributed by atoms with E-state index in [2.05, 4.69) is 12.2 Å². The zero-order valence-electron chi connectivity index (χ0n) is 18.0. The highest BCUT2D eigenvalue weighted by molar-refractivity contribution is 7.17. The smallest absolute Gasteiger partial charge is 0.344 e. The highest BCUT2D eigenvalue weighted by Gasteiger charge is 2.27. The van der Waals surface area contributed by atoms with E-state index in [1.165, 1.54) is 11.3 Å². The van der Waals surface area contributed by atoms with E-state index in [0.29, 0.717) is 38.8 Å². The number of carbonyl (C=O) groups is 2. The van der Waals surface area contributed by atoms with E-state index in [0.717, 1.165) is 35.1 Å². The number of rotatable bonds is 4. The number of thiophene rings is 1. The lowest BCUT2D eigenvalue weighted by Gasteiger charge is -2.18. The van der Waals surface area contributed by atoms with Gasteiger partial charge >= 0.3 is 5.63 Å². The fraction of sp³-hybridized carbons (Fsp3) is 0.192. The van der Waals surface area contributed by atoms with Gasteiger partial charge in [-0.3, -0.25) is 9.59 Å². The molecule has 166 valence electrons. The van der Waals surface area contributed by atoms with Gasteiger partial charge in [0.1, 0.15) is 10.6 Å². The molecule has 6 nitrogen and oxygen atoms in total. The summed E-state index contributed by atoms with van der Waals surface area (Å²) in [6.07, 6.45) is 2.69. The van der Waals surface area contributed by atoms with Gasteiger partial charge in [-0.25, -0.2) is 4.79 Å². The Labute approximate surface area is 194 Å². The van der Waals surface area contributed by atoms with Crippen molar-refractivity contribution >= 4 is 39.1 Å². The Hall–Kier alpha value is -3.71. The zero-order chi connectivity index (χ0) is 23.1. The van der Waals surface area contributed by atoms with E-state index < -0.39 is 11.5 Å². The number of carbonyl (C=O) groups excluding carboxylic acids is 2. The number of primary amides is 1. The number of anilines is 1. The van der Waals surface area contributed by atoms with Gasteiger partial charge in [-0.15, -0.1) is 11.3 Å². The Kier molecular flexibility index (Phi) is 5.34. The second kappa shape index (κ2) is 8.33. The first-order valence-corrected chi connectivity index (χ1v) is 11.6. The van der Waals surface area contributed by atoms with Crippen LogP contribution >= 0.6 is 11.3 Å². The molecule has 0 spiro atoms. The van der Waals surface area contributed by atoms with Crippen molar-refractivity contribution in [3.8, 4) is 11.1 Å². The van der Waals surface area contributed by atoms with Gasteiger partial charge in [0.2, 0.25) is 0 Å². The van der Waals surface area contributed by atoms with Gasteiger partial charge in [0, 0.05) is 15.8 Å². The molecule has 4 aromatic rings. The number of para-hydroxylation sites is 1. The monoisotopic (exact) mass is 458 g/mol. The number of fused-ring (bicyclic) bond motifs is 2. The molecule has 2 amide bonds. The van der Waals surface area contributed by atoms with Crippen LogP contribution in [0.3, 0.4) is 0 Å². The van der Waals surface area contributed by atoms with Gasteiger partial charge in [-0.2, -0.15) is 0 Å². The number of hydrogen-bond donors (Lipinski definition) is 2. The average Bonchev–Trinajstić information content (AvgIpc) is 3.15. The number of amides is 2. The van der Waals surface area contributed by atoms with Crippen LogP contribution in [0, 0.1) is 5.92 Å². The lowest BCUT2D eigenvalue weighted by molar-refractivity contribution is 0.1000. The summed E-state index contributed by atoms with van der Waals surface area (Å²) in [5.41, 5.74) is 8.64. The molecule has 1 aliphatic rings. The number of nitrogens with one attached hydrogen (secondary N) is 1. The van der Waals surface area contributed by atoms with Crippen LogP contribution in [0.15, 0.2) is 63.8 Å². The van der Waals surface area contributed by atoms with Crippen LogP contribution in [-0.2, 0) is 12.8 Å². The minimum Gasteiger partial charge on any atom is -0.422 e. The highest BCUT2D eigenvalue weighted by Crippen LogP contribution is 2.39. The summed E-state index contributed by atoms with van der Waals surface area (Å²) in [6.45, 7) is 2.18. The summed E-state index contributed by atoms with van der Waals surface area (Å²) in [4.78, 5) is 38.6. The molecule has 0 saturated heterocycles. The maximum Gasteiger partial charge on any atom is 0.344 e. The molecule has 0 saturated carbocycles. The van der Waals surface area contributed by atoms with Crippen molar-refractivity contribution in [2.24, 2.45) is 11.7 Å². The third kappa shape index (κ3) is 3.96. The molecule has 33 heavy (non-hydrogen) atoms. The van der Waals surface area contributed by atoms with Crippen molar-refractivity contribution in [1.82, 2.24) is 0 Å². The number of nitrogens with two attached hydrogens (primary N) is 1. The first-order chi connectivity index (χ1) is 15.9. The summed E-state index contributed by atoms with van der Waals surface area (Å²) in [7, 11) is 0. The predicted octanol–water partition coefficient (Wildman–Crippen LogP) is 5.00. The summed E-state index contributed by atoms with van der Waals surface area (Å²) < 4.78 is 5.41. The van der Waals surface area contributed by atoms with Crippen LogP contribution in [0.4, 0.5) is 5.00 Å². The van der Waals surface area contributed by atoms with Crippen molar-refractivity contribution in [1.29, 1.82) is 0 Å². The van der Waals surface area contributed by atoms with Crippen LogP contribution in [0.2, 0.25) is 0 Å². The zero-order valence-corrected chi connectivity index (χ0v) is 18.8. The second-order valence-electron chi connectivity index (χ2n) is 8.44. The SMILES string of the molecule is C[C@@H]1CCc2c(sc(NC(=O)c3ccc(-c4cc5ccccc5oc4=O)cc3)c2C(N)=O)C1. The minimum absolute atomic E-state index is 0.332.